The van der Waals surface area contributed by atoms with Crippen molar-refractivity contribution in [1.82, 2.24) is 5.32 Å². The second kappa shape index (κ2) is 8.27. The van der Waals surface area contributed by atoms with Crippen molar-refractivity contribution in [3.05, 3.63) is 29.8 Å². The van der Waals surface area contributed by atoms with Crippen molar-refractivity contribution in [3.63, 3.8) is 0 Å². The number of benzene rings is 1. The molecule has 1 aromatic carbocycles. The molecule has 0 saturated heterocycles. The standard InChI is InChI=1S/C15H20BrNO3/c16-7-11-19-9-3-8-17-15(18)13-6-10-20-14-5-2-1-4-12(13)14/h1-2,4-5,13H,3,6-11H2,(H,17,18). The highest BCUT2D eigenvalue weighted by molar-refractivity contribution is 9.09. The van der Waals surface area contributed by atoms with Gasteiger partial charge in [0, 0.05) is 24.0 Å². The largest absolute Gasteiger partial charge is 0.493 e. The van der Waals surface area contributed by atoms with Crippen molar-refractivity contribution in [2.24, 2.45) is 0 Å². The Morgan fingerprint density at radius 2 is 2.25 bits per heavy atom. The van der Waals surface area contributed by atoms with E-state index in [9.17, 15) is 4.79 Å². The monoisotopic (exact) mass is 341 g/mol. The van der Waals surface area contributed by atoms with Gasteiger partial charge in [0.1, 0.15) is 5.75 Å². The molecule has 1 aromatic rings. The molecular formula is C15H20BrNO3. The maximum absolute atomic E-state index is 12.2. The number of ether oxygens (including phenoxy) is 2. The minimum Gasteiger partial charge on any atom is -0.493 e. The van der Waals surface area contributed by atoms with E-state index >= 15 is 0 Å². The number of halogens is 1. The first-order valence-corrected chi connectivity index (χ1v) is 8.08. The van der Waals surface area contributed by atoms with Gasteiger partial charge < -0.3 is 14.8 Å². The van der Waals surface area contributed by atoms with Crippen LogP contribution in [0.1, 0.15) is 24.3 Å². The Morgan fingerprint density at radius 1 is 1.40 bits per heavy atom. The minimum atomic E-state index is -0.0941. The number of carbonyl (C=O) groups is 1. The normalized spacial score (nSPS) is 17.1. The van der Waals surface area contributed by atoms with Gasteiger partial charge in [-0.1, -0.05) is 34.1 Å². The molecule has 0 spiro atoms. The van der Waals surface area contributed by atoms with Crippen molar-refractivity contribution < 1.29 is 14.3 Å². The van der Waals surface area contributed by atoms with E-state index in [1.165, 1.54) is 0 Å². The Labute approximate surface area is 128 Å². The quantitative estimate of drug-likeness (QED) is 0.612. The third-order valence-electron chi connectivity index (χ3n) is 3.26. The first-order valence-electron chi connectivity index (χ1n) is 6.96. The van der Waals surface area contributed by atoms with Gasteiger partial charge >= 0.3 is 0 Å². The van der Waals surface area contributed by atoms with E-state index in [4.69, 9.17) is 9.47 Å². The number of alkyl halides is 1. The van der Waals surface area contributed by atoms with Gasteiger partial charge in [-0.25, -0.2) is 0 Å². The van der Waals surface area contributed by atoms with Crippen LogP contribution in [-0.4, -0.2) is 37.6 Å². The van der Waals surface area contributed by atoms with E-state index in [1.54, 1.807) is 0 Å². The summed E-state index contributed by atoms with van der Waals surface area (Å²) in [7, 11) is 0. The molecule has 110 valence electrons. The average Bonchev–Trinajstić information content (AvgIpc) is 2.50. The van der Waals surface area contributed by atoms with E-state index in [0.717, 1.165) is 29.5 Å². The lowest BCUT2D eigenvalue weighted by Crippen LogP contribution is -2.33. The molecule has 1 aliphatic heterocycles. The molecule has 1 N–H and O–H groups in total. The zero-order valence-electron chi connectivity index (χ0n) is 11.4. The van der Waals surface area contributed by atoms with E-state index in [2.05, 4.69) is 21.2 Å². The number of para-hydroxylation sites is 1. The first kappa shape index (κ1) is 15.3. The number of nitrogens with one attached hydrogen (secondary N) is 1. The number of hydrogen-bond donors (Lipinski definition) is 1. The van der Waals surface area contributed by atoms with Crippen molar-refractivity contribution in [3.8, 4) is 5.75 Å². The molecule has 1 amide bonds. The Morgan fingerprint density at radius 3 is 3.10 bits per heavy atom. The van der Waals surface area contributed by atoms with Gasteiger partial charge in [0.15, 0.2) is 0 Å². The van der Waals surface area contributed by atoms with E-state index < -0.39 is 0 Å². The molecule has 0 aromatic heterocycles. The van der Waals surface area contributed by atoms with E-state index in [0.29, 0.717) is 26.4 Å². The fraction of sp³-hybridized carbons (Fsp3) is 0.533. The van der Waals surface area contributed by atoms with Gasteiger partial charge in [0.2, 0.25) is 5.91 Å². The second-order valence-electron chi connectivity index (χ2n) is 4.67. The van der Waals surface area contributed by atoms with Crippen LogP contribution in [0.2, 0.25) is 0 Å². The fourth-order valence-electron chi connectivity index (χ4n) is 2.28. The number of hydrogen-bond acceptors (Lipinski definition) is 3. The summed E-state index contributed by atoms with van der Waals surface area (Å²) in [5, 5.41) is 3.83. The number of carbonyl (C=O) groups excluding carboxylic acids is 1. The summed E-state index contributed by atoms with van der Waals surface area (Å²) in [5.41, 5.74) is 0.992. The van der Waals surface area contributed by atoms with Gasteiger partial charge in [-0.3, -0.25) is 4.79 Å². The summed E-state index contributed by atoms with van der Waals surface area (Å²) in [6, 6.07) is 7.77. The van der Waals surface area contributed by atoms with Crippen LogP contribution in [0.4, 0.5) is 0 Å². The molecule has 2 rings (SSSR count). The van der Waals surface area contributed by atoms with Crippen molar-refractivity contribution in [1.29, 1.82) is 0 Å². The summed E-state index contributed by atoms with van der Waals surface area (Å²) < 4.78 is 10.9. The Balaban J connectivity index is 1.79. The van der Waals surface area contributed by atoms with Crippen LogP contribution >= 0.6 is 15.9 Å². The zero-order valence-corrected chi connectivity index (χ0v) is 13.0. The van der Waals surface area contributed by atoms with Gasteiger partial charge in [-0.15, -0.1) is 0 Å². The van der Waals surface area contributed by atoms with Crippen molar-refractivity contribution >= 4 is 21.8 Å². The topological polar surface area (TPSA) is 47.6 Å². The summed E-state index contributed by atoms with van der Waals surface area (Å²) in [6.07, 6.45) is 1.58. The van der Waals surface area contributed by atoms with Crippen LogP contribution in [0.25, 0.3) is 0 Å². The second-order valence-corrected chi connectivity index (χ2v) is 5.47. The van der Waals surface area contributed by atoms with E-state index in [1.807, 2.05) is 24.3 Å². The Hall–Kier alpha value is -1.07. The third-order valence-corrected chi connectivity index (χ3v) is 3.58. The highest BCUT2D eigenvalue weighted by Gasteiger charge is 2.26. The summed E-state index contributed by atoms with van der Waals surface area (Å²) in [4.78, 5) is 12.2. The van der Waals surface area contributed by atoms with Gasteiger partial charge in [0.05, 0.1) is 19.1 Å². The van der Waals surface area contributed by atoms with Crippen LogP contribution in [0.3, 0.4) is 0 Å². The highest BCUT2D eigenvalue weighted by atomic mass is 79.9. The molecule has 1 aliphatic rings. The molecule has 0 bridgehead atoms. The average molecular weight is 342 g/mol. The van der Waals surface area contributed by atoms with E-state index in [-0.39, 0.29) is 11.8 Å². The molecule has 4 nitrogen and oxygen atoms in total. The smallest absolute Gasteiger partial charge is 0.227 e. The van der Waals surface area contributed by atoms with Crippen molar-refractivity contribution in [2.75, 3.05) is 31.7 Å². The van der Waals surface area contributed by atoms with Crippen LogP contribution in [0.5, 0.6) is 5.75 Å². The van der Waals surface area contributed by atoms with Gasteiger partial charge in [0.25, 0.3) is 0 Å². The van der Waals surface area contributed by atoms with Crippen LogP contribution in [-0.2, 0) is 9.53 Å². The molecule has 0 saturated carbocycles. The molecule has 0 radical (unpaired) electrons. The summed E-state index contributed by atoms with van der Waals surface area (Å²) in [5.74, 6) is 0.823. The molecule has 0 fully saturated rings. The molecule has 20 heavy (non-hydrogen) atoms. The lowest BCUT2D eigenvalue weighted by molar-refractivity contribution is -0.123. The van der Waals surface area contributed by atoms with Gasteiger partial charge in [-0.2, -0.15) is 0 Å². The molecule has 5 heteroatoms. The predicted octanol–water partition coefficient (Wildman–Crippen LogP) is 2.47. The van der Waals surface area contributed by atoms with Crippen LogP contribution < -0.4 is 10.1 Å². The predicted molar refractivity (Wildman–Crippen MR) is 81.5 cm³/mol. The molecule has 1 heterocycles. The summed E-state index contributed by atoms with van der Waals surface area (Å²) >= 11 is 3.30. The molecule has 0 aliphatic carbocycles. The third kappa shape index (κ3) is 4.21. The zero-order chi connectivity index (χ0) is 14.2. The summed E-state index contributed by atoms with van der Waals surface area (Å²) in [6.45, 7) is 2.64. The lowest BCUT2D eigenvalue weighted by Gasteiger charge is -2.25. The maximum atomic E-state index is 12.2. The molecule has 1 atom stereocenters. The SMILES string of the molecule is O=C(NCCCOCCBr)C1CCOc2ccccc21. The highest BCUT2D eigenvalue weighted by Crippen LogP contribution is 2.33. The van der Waals surface area contributed by atoms with Crippen LogP contribution in [0, 0.1) is 0 Å². The van der Waals surface area contributed by atoms with Crippen molar-refractivity contribution in [2.45, 2.75) is 18.8 Å². The van der Waals surface area contributed by atoms with Crippen LogP contribution in [0.15, 0.2) is 24.3 Å². The number of amides is 1. The Kier molecular flexibility index (Phi) is 6.33. The Bertz CT molecular complexity index is 439. The fourth-order valence-corrected chi connectivity index (χ4v) is 2.51. The lowest BCUT2D eigenvalue weighted by atomic mass is 9.92. The maximum Gasteiger partial charge on any atom is 0.227 e. The number of rotatable bonds is 7. The molecule has 1 unspecified atom stereocenters. The first-order chi connectivity index (χ1) is 9.83. The minimum absolute atomic E-state index is 0.0845. The number of fused-ring (bicyclic) bond motifs is 1. The molecular weight excluding hydrogens is 322 g/mol. The van der Waals surface area contributed by atoms with Gasteiger partial charge in [-0.05, 0) is 18.9 Å².